The minimum atomic E-state index is -0.531. The van der Waals surface area contributed by atoms with E-state index in [1.807, 2.05) is 41.0 Å². The number of fused-ring (bicyclic) bond motifs is 1. The number of imidazole rings is 1. The normalized spacial score (nSPS) is 12.0. The van der Waals surface area contributed by atoms with Crippen LogP contribution in [-0.4, -0.2) is 44.4 Å². The molecule has 0 aliphatic carbocycles. The third-order valence-electron chi connectivity index (χ3n) is 5.01. The van der Waals surface area contributed by atoms with Crippen molar-refractivity contribution in [3.8, 4) is 5.75 Å². The Hall–Kier alpha value is -3.85. The molecule has 2 aromatic heterocycles. The predicted octanol–water partition coefficient (Wildman–Crippen LogP) is 2.87. The van der Waals surface area contributed by atoms with Gasteiger partial charge < -0.3 is 30.8 Å². The Balaban J connectivity index is 1.67. The second-order valence-corrected chi connectivity index (χ2v) is 7.57. The number of nitrogens with one attached hydrogen (secondary N) is 2. The van der Waals surface area contributed by atoms with Crippen LogP contribution in [0.5, 0.6) is 5.75 Å². The molecule has 2 heterocycles. The van der Waals surface area contributed by atoms with E-state index in [0.717, 1.165) is 16.9 Å². The number of hydrogen-bond acceptors (Lipinski definition) is 8. The zero-order valence-corrected chi connectivity index (χ0v) is 18.1. The van der Waals surface area contributed by atoms with E-state index in [-0.39, 0.29) is 0 Å². The van der Waals surface area contributed by atoms with Gasteiger partial charge in [-0.2, -0.15) is 9.97 Å². The Bertz CT molecular complexity index is 1190. The van der Waals surface area contributed by atoms with E-state index in [0.29, 0.717) is 48.3 Å². The van der Waals surface area contributed by atoms with Crippen LogP contribution < -0.4 is 21.1 Å². The van der Waals surface area contributed by atoms with Crippen molar-refractivity contribution in [3.63, 3.8) is 0 Å². The van der Waals surface area contributed by atoms with Crippen molar-refractivity contribution in [2.45, 2.75) is 26.1 Å². The number of benzene rings is 2. The molecule has 4 aromatic rings. The number of nitrogen functional groups attached to an aromatic ring is 1. The predicted molar refractivity (Wildman–Crippen MR) is 126 cm³/mol. The summed E-state index contributed by atoms with van der Waals surface area (Å²) in [7, 11) is 1.62. The average Bonchev–Trinajstić information content (AvgIpc) is 3.20. The quantitative estimate of drug-likeness (QED) is 0.297. The third kappa shape index (κ3) is 4.89. The summed E-state index contributed by atoms with van der Waals surface area (Å²) in [5.74, 6) is 1.72. The van der Waals surface area contributed by atoms with Crippen LogP contribution in [0.1, 0.15) is 18.1 Å². The van der Waals surface area contributed by atoms with Crippen LogP contribution >= 0.6 is 0 Å². The van der Waals surface area contributed by atoms with E-state index in [4.69, 9.17) is 10.5 Å². The first-order valence-corrected chi connectivity index (χ1v) is 10.4. The van der Waals surface area contributed by atoms with E-state index < -0.39 is 6.10 Å². The van der Waals surface area contributed by atoms with Gasteiger partial charge in [-0.05, 0) is 36.2 Å². The van der Waals surface area contributed by atoms with E-state index >= 15 is 0 Å². The zero-order chi connectivity index (χ0) is 22.5. The van der Waals surface area contributed by atoms with Gasteiger partial charge in [0.05, 0.1) is 26.1 Å². The van der Waals surface area contributed by atoms with Gasteiger partial charge in [0.2, 0.25) is 5.95 Å². The van der Waals surface area contributed by atoms with E-state index in [9.17, 15) is 5.11 Å². The molecule has 166 valence electrons. The summed E-state index contributed by atoms with van der Waals surface area (Å²) < 4.78 is 7.28. The molecule has 5 N–H and O–H groups in total. The smallest absolute Gasteiger partial charge is 0.226 e. The molecule has 0 radical (unpaired) electrons. The second kappa shape index (κ2) is 9.52. The Morgan fingerprint density at radius 3 is 2.69 bits per heavy atom. The van der Waals surface area contributed by atoms with Crippen molar-refractivity contribution in [1.82, 2.24) is 19.5 Å². The number of aliphatic hydroxyl groups is 1. The molecule has 0 saturated carbocycles. The van der Waals surface area contributed by atoms with Crippen molar-refractivity contribution >= 4 is 28.6 Å². The molecule has 1 unspecified atom stereocenters. The largest absolute Gasteiger partial charge is 0.497 e. The van der Waals surface area contributed by atoms with Crippen molar-refractivity contribution in [2.24, 2.45) is 0 Å². The molecule has 0 aliphatic rings. The maximum Gasteiger partial charge on any atom is 0.226 e. The first-order chi connectivity index (χ1) is 15.5. The van der Waals surface area contributed by atoms with Crippen molar-refractivity contribution in [1.29, 1.82) is 0 Å². The van der Waals surface area contributed by atoms with Gasteiger partial charge in [0.25, 0.3) is 0 Å². The fourth-order valence-electron chi connectivity index (χ4n) is 3.32. The van der Waals surface area contributed by atoms with E-state index in [1.54, 1.807) is 20.4 Å². The van der Waals surface area contributed by atoms with Gasteiger partial charge in [-0.15, -0.1) is 0 Å². The SMILES string of the molecule is COc1ccc(N)c(CNc2nc(NCC(C)O)nc3c2ncn3Cc2ccccc2)c1. The zero-order valence-electron chi connectivity index (χ0n) is 18.1. The van der Waals surface area contributed by atoms with Crippen molar-refractivity contribution in [3.05, 3.63) is 66.0 Å². The minimum Gasteiger partial charge on any atom is -0.497 e. The standard InChI is InChI=1S/C23H27N7O2/c1-15(31)11-26-23-28-21(25-12-17-10-18(32-2)8-9-19(17)24)20-22(29-23)30(14-27-20)13-16-6-4-3-5-7-16/h3-10,14-15,31H,11-13,24H2,1-2H3,(H2,25,26,28,29). The fraction of sp³-hybridized carbons (Fsp3) is 0.261. The lowest BCUT2D eigenvalue weighted by atomic mass is 10.1. The highest BCUT2D eigenvalue weighted by atomic mass is 16.5. The summed E-state index contributed by atoms with van der Waals surface area (Å²) in [4.78, 5) is 13.8. The maximum atomic E-state index is 9.66. The lowest BCUT2D eigenvalue weighted by Crippen LogP contribution is -2.18. The lowest BCUT2D eigenvalue weighted by molar-refractivity contribution is 0.208. The number of methoxy groups -OCH3 is 1. The van der Waals surface area contributed by atoms with Gasteiger partial charge in [-0.1, -0.05) is 30.3 Å². The first-order valence-electron chi connectivity index (χ1n) is 10.4. The number of ether oxygens (including phenoxy) is 1. The summed E-state index contributed by atoms with van der Waals surface area (Å²) in [6, 6.07) is 15.6. The van der Waals surface area contributed by atoms with Crippen LogP contribution in [0.3, 0.4) is 0 Å². The highest BCUT2D eigenvalue weighted by Gasteiger charge is 2.15. The number of hydrogen-bond donors (Lipinski definition) is 4. The molecule has 1 atom stereocenters. The Morgan fingerprint density at radius 1 is 1.12 bits per heavy atom. The molecule has 0 saturated heterocycles. The minimum absolute atomic E-state index is 0.334. The monoisotopic (exact) mass is 433 g/mol. The molecule has 0 spiro atoms. The molecule has 4 rings (SSSR count). The first kappa shape index (κ1) is 21.4. The molecule has 32 heavy (non-hydrogen) atoms. The van der Waals surface area contributed by atoms with Gasteiger partial charge >= 0.3 is 0 Å². The Labute approximate surface area is 186 Å². The molecule has 0 aliphatic heterocycles. The van der Waals surface area contributed by atoms with Gasteiger partial charge in [0.15, 0.2) is 17.0 Å². The summed E-state index contributed by atoms with van der Waals surface area (Å²) >= 11 is 0. The molecule has 0 amide bonds. The number of nitrogens with zero attached hydrogens (tertiary/aromatic N) is 4. The highest BCUT2D eigenvalue weighted by Crippen LogP contribution is 2.25. The molecular weight excluding hydrogens is 406 g/mol. The molecule has 0 fully saturated rings. The van der Waals surface area contributed by atoms with Gasteiger partial charge in [-0.25, -0.2) is 4.98 Å². The molecule has 9 heteroatoms. The third-order valence-corrected chi connectivity index (χ3v) is 5.01. The summed E-state index contributed by atoms with van der Waals surface area (Å²) in [6.45, 7) is 3.11. The maximum absolute atomic E-state index is 9.66. The Kier molecular flexibility index (Phi) is 6.37. The van der Waals surface area contributed by atoms with Crippen LogP contribution in [0.2, 0.25) is 0 Å². The number of rotatable bonds is 9. The number of anilines is 3. The highest BCUT2D eigenvalue weighted by molar-refractivity contribution is 5.84. The van der Waals surface area contributed by atoms with Crippen LogP contribution in [0.15, 0.2) is 54.9 Å². The molecular formula is C23H27N7O2. The fourth-order valence-corrected chi connectivity index (χ4v) is 3.32. The van der Waals surface area contributed by atoms with Crippen LogP contribution in [-0.2, 0) is 13.1 Å². The Morgan fingerprint density at radius 2 is 1.94 bits per heavy atom. The topological polar surface area (TPSA) is 123 Å². The average molecular weight is 434 g/mol. The van der Waals surface area contributed by atoms with E-state index in [2.05, 4.69) is 37.7 Å². The van der Waals surface area contributed by atoms with Crippen LogP contribution in [0.4, 0.5) is 17.5 Å². The van der Waals surface area contributed by atoms with Crippen LogP contribution in [0.25, 0.3) is 11.2 Å². The second-order valence-electron chi connectivity index (χ2n) is 7.57. The van der Waals surface area contributed by atoms with Gasteiger partial charge in [0, 0.05) is 18.8 Å². The molecule has 2 aromatic carbocycles. The molecule has 9 nitrogen and oxygen atoms in total. The van der Waals surface area contributed by atoms with Crippen molar-refractivity contribution in [2.75, 3.05) is 30.0 Å². The lowest BCUT2D eigenvalue weighted by Gasteiger charge is -2.13. The molecule has 0 bridgehead atoms. The van der Waals surface area contributed by atoms with E-state index in [1.165, 1.54) is 0 Å². The van der Waals surface area contributed by atoms with Gasteiger partial charge in [-0.3, -0.25) is 0 Å². The van der Waals surface area contributed by atoms with Gasteiger partial charge in [0.1, 0.15) is 5.75 Å². The number of aliphatic hydroxyl groups excluding tert-OH is 1. The summed E-state index contributed by atoms with van der Waals surface area (Å²) in [5, 5.41) is 16.1. The van der Waals surface area contributed by atoms with Crippen molar-refractivity contribution < 1.29 is 9.84 Å². The van der Waals surface area contributed by atoms with Crippen LogP contribution in [0, 0.1) is 0 Å². The summed E-state index contributed by atoms with van der Waals surface area (Å²) in [6.07, 6.45) is 1.23. The number of aromatic nitrogens is 4. The summed E-state index contributed by atoms with van der Waals surface area (Å²) in [5.41, 5.74) is 10.2. The number of nitrogens with two attached hydrogens (primary N) is 1.